The summed E-state index contributed by atoms with van der Waals surface area (Å²) in [6, 6.07) is 0. The van der Waals surface area contributed by atoms with E-state index in [1.54, 1.807) is 0 Å². The second-order valence-electron chi connectivity index (χ2n) is 1.40. The van der Waals surface area contributed by atoms with Crippen molar-refractivity contribution in [3.63, 3.8) is 0 Å². The lowest BCUT2D eigenvalue weighted by Gasteiger charge is -1.94. The average molecular weight is 101 g/mol. The fraction of sp³-hybridized carbons (Fsp3) is 0.667. The van der Waals surface area contributed by atoms with Crippen molar-refractivity contribution in [2.75, 3.05) is 13.1 Å². The van der Waals surface area contributed by atoms with Crippen LogP contribution >= 0.6 is 0 Å². The molecule has 1 heterocycles. The normalized spacial score (nSPS) is 20.1. The van der Waals surface area contributed by atoms with Crippen molar-refractivity contribution < 1.29 is 9.95 Å². The maximum atomic E-state index is 10.1. The molecule has 1 radical (unpaired) electrons. The van der Waals surface area contributed by atoms with Crippen molar-refractivity contribution in [1.29, 1.82) is 0 Å². The number of nitrogens with zero attached hydrogens (tertiary/aromatic N) is 2. The van der Waals surface area contributed by atoms with Crippen LogP contribution in [-0.2, 0) is 5.21 Å². The largest absolute Gasteiger partial charge is 0.715 e. The van der Waals surface area contributed by atoms with E-state index in [1.807, 2.05) is 0 Å². The zero-order valence-electron chi connectivity index (χ0n) is 3.70. The fourth-order valence-electron chi connectivity index (χ4n) is 0.456. The van der Waals surface area contributed by atoms with E-state index in [-0.39, 0.29) is 0 Å². The molecule has 0 amide bonds. The standard InChI is InChI=1S/C3H5N2O2/c6-4-1-2-5(7)3-4/h3H,1-2H2. The van der Waals surface area contributed by atoms with Gasteiger partial charge in [0, 0.05) is 5.21 Å². The highest BCUT2D eigenvalue weighted by atomic mass is 16.5. The van der Waals surface area contributed by atoms with Gasteiger partial charge in [-0.05, 0) is 0 Å². The van der Waals surface area contributed by atoms with Gasteiger partial charge in [-0.15, -0.1) is 0 Å². The van der Waals surface area contributed by atoms with Crippen molar-refractivity contribution >= 4 is 6.34 Å². The van der Waals surface area contributed by atoms with Gasteiger partial charge >= 0.3 is 0 Å². The van der Waals surface area contributed by atoms with Crippen molar-refractivity contribution in [2.45, 2.75) is 0 Å². The Morgan fingerprint density at radius 1 is 1.86 bits per heavy atom. The zero-order valence-corrected chi connectivity index (χ0v) is 3.70. The molecular formula is C3H5N2O2. The van der Waals surface area contributed by atoms with Crippen LogP contribution in [0.15, 0.2) is 0 Å². The average Bonchev–Trinajstić information content (AvgIpc) is 1.87. The van der Waals surface area contributed by atoms with Crippen LogP contribution in [0.2, 0.25) is 0 Å². The predicted octanol–water partition coefficient (Wildman–Crippen LogP) is -0.814. The Bertz CT molecular complexity index is 101. The minimum atomic E-state index is 0.309. The summed E-state index contributed by atoms with van der Waals surface area (Å²) >= 11 is 0. The van der Waals surface area contributed by atoms with Crippen molar-refractivity contribution in [3.8, 4) is 0 Å². The topological polar surface area (TPSA) is 49.2 Å². The molecule has 0 bridgehead atoms. The lowest BCUT2D eigenvalue weighted by Crippen LogP contribution is -2.10. The quantitative estimate of drug-likeness (QED) is 0.296. The molecule has 4 nitrogen and oxygen atoms in total. The van der Waals surface area contributed by atoms with E-state index in [0.29, 0.717) is 22.9 Å². The number of rotatable bonds is 0. The second kappa shape index (κ2) is 1.38. The Balaban J connectivity index is 2.50. The third-order valence-corrected chi connectivity index (χ3v) is 0.798. The van der Waals surface area contributed by atoms with Crippen LogP contribution in [0, 0.1) is 5.21 Å². The first-order chi connectivity index (χ1) is 3.29. The monoisotopic (exact) mass is 101 g/mol. The van der Waals surface area contributed by atoms with Gasteiger partial charge in [0.2, 0.25) is 0 Å². The Morgan fingerprint density at radius 2 is 2.57 bits per heavy atom. The molecular weight excluding hydrogens is 96.0 g/mol. The molecule has 0 aliphatic carbocycles. The van der Waals surface area contributed by atoms with Gasteiger partial charge in [-0.2, -0.15) is 0 Å². The molecule has 0 aromatic carbocycles. The second-order valence-corrected chi connectivity index (χ2v) is 1.40. The van der Waals surface area contributed by atoms with Crippen LogP contribution in [0.5, 0.6) is 0 Å². The van der Waals surface area contributed by atoms with Crippen LogP contribution in [0.4, 0.5) is 0 Å². The molecule has 0 saturated carbocycles. The molecule has 4 heteroatoms. The van der Waals surface area contributed by atoms with Crippen LogP contribution in [0.25, 0.3) is 0 Å². The third-order valence-electron chi connectivity index (χ3n) is 0.798. The maximum absolute atomic E-state index is 10.1. The van der Waals surface area contributed by atoms with Gasteiger partial charge in [0.1, 0.15) is 6.54 Å². The lowest BCUT2D eigenvalue weighted by atomic mass is 10.7. The summed E-state index contributed by atoms with van der Waals surface area (Å²) in [5, 5.41) is 20.8. The van der Waals surface area contributed by atoms with Gasteiger partial charge in [-0.3, -0.25) is 4.74 Å². The number of hydroxylamine groups is 3. The molecule has 1 aliphatic heterocycles. The first-order valence-electron chi connectivity index (χ1n) is 2.01. The molecule has 0 atom stereocenters. The van der Waals surface area contributed by atoms with Gasteiger partial charge in [0.15, 0.2) is 6.54 Å². The van der Waals surface area contributed by atoms with Crippen LogP contribution < -0.4 is 0 Å². The Hall–Kier alpha value is -0.770. The molecule has 7 heavy (non-hydrogen) atoms. The van der Waals surface area contributed by atoms with Gasteiger partial charge in [0.05, 0.1) is 0 Å². The number of hydrogen-bond donors (Lipinski definition) is 0. The van der Waals surface area contributed by atoms with Crippen LogP contribution in [-0.4, -0.2) is 29.2 Å². The van der Waals surface area contributed by atoms with E-state index in [0.717, 1.165) is 6.34 Å². The van der Waals surface area contributed by atoms with Crippen molar-refractivity contribution in [3.05, 3.63) is 5.21 Å². The molecule has 0 unspecified atom stereocenters. The van der Waals surface area contributed by atoms with E-state index < -0.39 is 0 Å². The summed E-state index contributed by atoms with van der Waals surface area (Å²) < 4.78 is 0.618. The minimum absolute atomic E-state index is 0.309. The SMILES string of the molecule is [O]N1C=[N+]([O-])CC1. The zero-order chi connectivity index (χ0) is 5.28. The summed E-state index contributed by atoms with van der Waals surface area (Å²) in [5.41, 5.74) is 0. The summed E-state index contributed by atoms with van der Waals surface area (Å²) in [4.78, 5) is 0. The lowest BCUT2D eigenvalue weighted by molar-refractivity contribution is -0.441. The molecule has 1 rings (SSSR count). The molecule has 0 aromatic rings. The summed E-state index contributed by atoms with van der Waals surface area (Å²) in [6.45, 7) is 0.618. The first kappa shape index (κ1) is 4.39. The molecule has 0 aromatic heterocycles. The Labute approximate surface area is 40.8 Å². The molecule has 0 fully saturated rings. The predicted molar refractivity (Wildman–Crippen MR) is 22.0 cm³/mol. The summed E-state index contributed by atoms with van der Waals surface area (Å²) in [5.74, 6) is 0. The minimum Gasteiger partial charge on any atom is -0.715 e. The number of hydrogen-bond acceptors (Lipinski definition) is 2. The van der Waals surface area contributed by atoms with Gasteiger partial charge in [-0.1, -0.05) is 5.06 Å². The molecule has 0 spiro atoms. The highest BCUT2D eigenvalue weighted by Gasteiger charge is 2.12. The van der Waals surface area contributed by atoms with E-state index in [4.69, 9.17) is 0 Å². The molecule has 1 aliphatic rings. The Morgan fingerprint density at radius 3 is 2.71 bits per heavy atom. The Kier molecular flexibility index (Phi) is 0.867. The molecule has 39 valence electrons. The first-order valence-corrected chi connectivity index (χ1v) is 2.01. The molecule has 0 saturated heterocycles. The summed E-state index contributed by atoms with van der Waals surface area (Å²) in [6.07, 6.45) is 1.00. The van der Waals surface area contributed by atoms with Crippen molar-refractivity contribution in [1.82, 2.24) is 5.06 Å². The van der Waals surface area contributed by atoms with Gasteiger partial charge < -0.3 is 5.21 Å². The van der Waals surface area contributed by atoms with Crippen LogP contribution in [0.3, 0.4) is 0 Å². The van der Waals surface area contributed by atoms with E-state index in [1.165, 1.54) is 0 Å². The fourth-order valence-corrected chi connectivity index (χ4v) is 0.456. The van der Waals surface area contributed by atoms with E-state index in [2.05, 4.69) is 0 Å². The highest BCUT2D eigenvalue weighted by Crippen LogP contribution is 1.85. The third kappa shape index (κ3) is 0.806. The van der Waals surface area contributed by atoms with Crippen molar-refractivity contribution in [2.24, 2.45) is 0 Å². The molecule has 0 N–H and O–H groups in total. The smallest absolute Gasteiger partial charge is 0.271 e. The van der Waals surface area contributed by atoms with Gasteiger partial charge in [-0.25, -0.2) is 0 Å². The van der Waals surface area contributed by atoms with Gasteiger partial charge in [0.25, 0.3) is 6.34 Å². The highest BCUT2D eigenvalue weighted by molar-refractivity contribution is 5.48. The van der Waals surface area contributed by atoms with E-state index >= 15 is 0 Å². The summed E-state index contributed by atoms with van der Waals surface area (Å²) in [7, 11) is 0. The maximum Gasteiger partial charge on any atom is 0.271 e. The van der Waals surface area contributed by atoms with E-state index in [9.17, 15) is 10.4 Å². The van der Waals surface area contributed by atoms with Crippen LogP contribution in [0.1, 0.15) is 0 Å².